The maximum atomic E-state index is 10.7. The fourth-order valence-corrected chi connectivity index (χ4v) is 1.38. The van der Waals surface area contributed by atoms with Gasteiger partial charge in [0.1, 0.15) is 6.29 Å². The molecule has 2 nitrogen and oxygen atoms in total. The van der Waals surface area contributed by atoms with Crippen molar-refractivity contribution in [3.05, 3.63) is 12.7 Å². The lowest BCUT2D eigenvalue weighted by Crippen LogP contribution is -2.41. The van der Waals surface area contributed by atoms with Crippen LogP contribution in [-0.2, 0) is 4.79 Å². The summed E-state index contributed by atoms with van der Waals surface area (Å²) in [5.74, 6) is 0. The zero-order chi connectivity index (χ0) is 10.9. The van der Waals surface area contributed by atoms with Gasteiger partial charge in [-0.15, -0.1) is 6.58 Å². The topological polar surface area (TPSA) is 29.1 Å². The Hall–Kier alpha value is -0.630. The summed E-state index contributed by atoms with van der Waals surface area (Å²) in [5.41, 5.74) is -0.321. The van der Waals surface area contributed by atoms with Gasteiger partial charge >= 0.3 is 0 Å². The van der Waals surface area contributed by atoms with Gasteiger partial charge in [-0.05, 0) is 33.2 Å². The second-order valence-electron chi connectivity index (χ2n) is 4.03. The summed E-state index contributed by atoms with van der Waals surface area (Å²) in [6.45, 7) is 5.64. The molecule has 1 N–H and O–H groups in total. The molecule has 0 aromatic carbocycles. The Labute approximate surface area is 87.8 Å². The predicted octanol–water partition coefficient (Wildman–Crippen LogP) is 2.69. The average Bonchev–Trinajstić information content (AvgIpc) is 2.23. The van der Waals surface area contributed by atoms with Crippen LogP contribution in [0.2, 0.25) is 0 Å². The second-order valence-corrected chi connectivity index (χ2v) is 4.03. The smallest absolute Gasteiger partial charge is 0.139 e. The highest BCUT2D eigenvalue weighted by molar-refractivity contribution is 5.63. The molecule has 0 heterocycles. The summed E-state index contributed by atoms with van der Waals surface area (Å²) in [5, 5.41) is 3.05. The molecule has 0 spiro atoms. The van der Waals surface area contributed by atoms with E-state index >= 15 is 0 Å². The first-order chi connectivity index (χ1) is 6.68. The van der Waals surface area contributed by atoms with Crippen molar-refractivity contribution in [3.63, 3.8) is 0 Å². The van der Waals surface area contributed by atoms with Crippen molar-refractivity contribution in [1.29, 1.82) is 0 Å². The first kappa shape index (κ1) is 13.4. The molecule has 0 aromatic heterocycles. The van der Waals surface area contributed by atoms with E-state index in [9.17, 15) is 4.79 Å². The fourth-order valence-electron chi connectivity index (χ4n) is 1.38. The van der Waals surface area contributed by atoms with Crippen LogP contribution in [0.1, 0.15) is 45.4 Å². The van der Waals surface area contributed by atoms with Crippen LogP contribution in [-0.4, -0.2) is 18.9 Å². The molecule has 0 amide bonds. The molecule has 0 rings (SSSR count). The Morgan fingerprint density at radius 2 is 1.93 bits per heavy atom. The molecular formula is C12H23NO. The SMILES string of the molecule is C=CCCCCCC[C@@](C)(C=O)NC. The molecule has 0 bridgehead atoms. The van der Waals surface area contributed by atoms with Crippen molar-refractivity contribution in [2.75, 3.05) is 7.05 Å². The fraction of sp³-hybridized carbons (Fsp3) is 0.750. The minimum Gasteiger partial charge on any atom is -0.308 e. The standard InChI is InChI=1S/C12H23NO/c1-4-5-6-7-8-9-10-12(2,11-14)13-3/h4,11,13H,1,5-10H2,2-3H3/t12-/m0/s1. The van der Waals surface area contributed by atoms with Gasteiger partial charge in [-0.2, -0.15) is 0 Å². The zero-order valence-electron chi connectivity index (χ0n) is 9.51. The van der Waals surface area contributed by atoms with Gasteiger partial charge in [0, 0.05) is 0 Å². The number of allylic oxidation sites excluding steroid dienone is 1. The van der Waals surface area contributed by atoms with Crippen LogP contribution in [0.3, 0.4) is 0 Å². The highest BCUT2D eigenvalue weighted by Gasteiger charge is 2.19. The van der Waals surface area contributed by atoms with Crippen molar-refractivity contribution >= 4 is 6.29 Å². The van der Waals surface area contributed by atoms with E-state index in [2.05, 4.69) is 11.9 Å². The third-order valence-corrected chi connectivity index (χ3v) is 2.69. The Bertz CT molecular complexity index is 168. The molecule has 0 unspecified atom stereocenters. The number of carbonyl (C=O) groups excluding carboxylic acids is 1. The largest absolute Gasteiger partial charge is 0.308 e. The Morgan fingerprint density at radius 3 is 2.43 bits per heavy atom. The summed E-state index contributed by atoms with van der Waals surface area (Å²) < 4.78 is 0. The predicted molar refractivity (Wildman–Crippen MR) is 61.4 cm³/mol. The number of likely N-dealkylation sites (N-methyl/N-ethyl adjacent to an activating group) is 1. The van der Waals surface area contributed by atoms with Crippen LogP contribution in [0, 0.1) is 0 Å². The number of hydrogen-bond donors (Lipinski definition) is 1. The van der Waals surface area contributed by atoms with Crippen molar-refractivity contribution in [1.82, 2.24) is 5.32 Å². The molecule has 0 saturated heterocycles. The summed E-state index contributed by atoms with van der Waals surface area (Å²) in [6, 6.07) is 0. The minimum atomic E-state index is -0.321. The lowest BCUT2D eigenvalue weighted by molar-refractivity contribution is -0.112. The molecule has 82 valence electrons. The average molecular weight is 197 g/mol. The van der Waals surface area contributed by atoms with E-state index < -0.39 is 0 Å². The molecular weight excluding hydrogens is 174 g/mol. The highest BCUT2D eigenvalue weighted by Crippen LogP contribution is 2.13. The molecule has 0 aromatic rings. The Morgan fingerprint density at radius 1 is 1.29 bits per heavy atom. The lowest BCUT2D eigenvalue weighted by Gasteiger charge is -2.21. The Balaban J connectivity index is 3.42. The van der Waals surface area contributed by atoms with Crippen molar-refractivity contribution in [2.45, 2.75) is 51.0 Å². The molecule has 0 aliphatic heterocycles. The number of nitrogens with one attached hydrogen (secondary N) is 1. The summed E-state index contributed by atoms with van der Waals surface area (Å²) in [6.07, 6.45) is 9.80. The maximum Gasteiger partial charge on any atom is 0.139 e. The van der Waals surface area contributed by atoms with Crippen LogP contribution in [0.25, 0.3) is 0 Å². The number of unbranched alkanes of at least 4 members (excludes halogenated alkanes) is 4. The van der Waals surface area contributed by atoms with Crippen LogP contribution < -0.4 is 5.32 Å². The van der Waals surface area contributed by atoms with Gasteiger partial charge in [0.05, 0.1) is 5.54 Å². The van der Waals surface area contributed by atoms with Gasteiger partial charge in [0.25, 0.3) is 0 Å². The van der Waals surface area contributed by atoms with Gasteiger partial charge in [-0.25, -0.2) is 0 Å². The van der Waals surface area contributed by atoms with Crippen molar-refractivity contribution in [3.8, 4) is 0 Å². The van der Waals surface area contributed by atoms with Crippen LogP contribution in [0.5, 0.6) is 0 Å². The van der Waals surface area contributed by atoms with Gasteiger partial charge in [0.15, 0.2) is 0 Å². The molecule has 0 aliphatic carbocycles. The van der Waals surface area contributed by atoms with Crippen LogP contribution in [0.15, 0.2) is 12.7 Å². The summed E-state index contributed by atoms with van der Waals surface area (Å²) >= 11 is 0. The number of aldehydes is 1. The number of rotatable bonds is 9. The minimum absolute atomic E-state index is 0.321. The molecule has 0 radical (unpaired) electrons. The monoisotopic (exact) mass is 197 g/mol. The lowest BCUT2D eigenvalue weighted by atomic mass is 9.96. The van der Waals surface area contributed by atoms with Gasteiger partial charge in [-0.3, -0.25) is 0 Å². The van der Waals surface area contributed by atoms with E-state index in [0.717, 1.165) is 25.5 Å². The zero-order valence-corrected chi connectivity index (χ0v) is 9.51. The third-order valence-electron chi connectivity index (χ3n) is 2.69. The van der Waals surface area contributed by atoms with E-state index in [-0.39, 0.29) is 5.54 Å². The second kappa shape index (κ2) is 7.74. The first-order valence-corrected chi connectivity index (χ1v) is 5.44. The van der Waals surface area contributed by atoms with E-state index in [0.29, 0.717) is 0 Å². The molecule has 0 aliphatic rings. The van der Waals surface area contributed by atoms with Gasteiger partial charge in [-0.1, -0.05) is 25.3 Å². The summed E-state index contributed by atoms with van der Waals surface area (Å²) in [4.78, 5) is 10.7. The molecule has 2 heteroatoms. The molecule has 14 heavy (non-hydrogen) atoms. The number of hydrogen-bond acceptors (Lipinski definition) is 2. The van der Waals surface area contributed by atoms with E-state index in [1.165, 1.54) is 19.3 Å². The van der Waals surface area contributed by atoms with Gasteiger partial charge in [0.2, 0.25) is 0 Å². The molecule has 1 atom stereocenters. The normalized spacial score (nSPS) is 14.7. The van der Waals surface area contributed by atoms with Crippen molar-refractivity contribution < 1.29 is 4.79 Å². The highest BCUT2D eigenvalue weighted by atomic mass is 16.1. The van der Waals surface area contributed by atoms with Crippen LogP contribution >= 0.6 is 0 Å². The quantitative estimate of drug-likeness (QED) is 0.350. The maximum absolute atomic E-state index is 10.7. The van der Waals surface area contributed by atoms with Crippen LogP contribution in [0.4, 0.5) is 0 Å². The molecule has 0 fully saturated rings. The van der Waals surface area contributed by atoms with E-state index in [1.54, 1.807) is 0 Å². The van der Waals surface area contributed by atoms with Gasteiger partial charge < -0.3 is 10.1 Å². The first-order valence-electron chi connectivity index (χ1n) is 5.44. The van der Waals surface area contributed by atoms with Crippen molar-refractivity contribution in [2.24, 2.45) is 0 Å². The van der Waals surface area contributed by atoms with E-state index in [1.807, 2.05) is 20.0 Å². The summed E-state index contributed by atoms with van der Waals surface area (Å²) in [7, 11) is 1.84. The number of carbonyl (C=O) groups is 1. The Kier molecular flexibility index (Phi) is 7.40. The third kappa shape index (κ3) is 5.92. The molecule has 0 saturated carbocycles. The van der Waals surface area contributed by atoms with E-state index in [4.69, 9.17) is 0 Å².